The predicted molar refractivity (Wildman–Crippen MR) is 103 cm³/mol. The van der Waals surface area contributed by atoms with Crippen LogP contribution >= 0.6 is 11.6 Å². The largest absolute Gasteiger partial charge is 0.493 e. The average molecular weight is 369 g/mol. The zero-order chi connectivity index (χ0) is 18.3. The van der Waals surface area contributed by atoms with Crippen molar-refractivity contribution in [3.05, 3.63) is 63.2 Å². The molecule has 0 bridgehead atoms. The molecule has 5 nitrogen and oxygen atoms in total. The van der Waals surface area contributed by atoms with Crippen LogP contribution in [-0.2, 0) is 6.54 Å². The fraction of sp³-hybridized carbons (Fsp3) is 0.200. The van der Waals surface area contributed by atoms with E-state index in [9.17, 15) is 4.79 Å². The fourth-order valence-corrected chi connectivity index (χ4v) is 3.44. The molecule has 0 fully saturated rings. The fourth-order valence-electron chi connectivity index (χ4n) is 3.27. The average Bonchev–Trinajstić information content (AvgIpc) is 3.05. The first-order valence-corrected chi connectivity index (χ1v) is 8.61. The van der Waals surface area contributed by atoms with Gasteiger partial charge in [-0.05, 0) is 54.0 Å². The van der Waals surface area contributed by atoms with Crippen LogP contribution < -0.4 is 15.0 Å². The number of aromatic nitrogens is 2. The number of benzene rings is 2. The lowest BCUT2D eigenvalue weighted by Gasteiger charge is -2.08. The summed E-state index contributed by atoms with van der Waals surface area (Å²) in [6.07, 6.45) is 2.79. The molecule has 0 unspecified atom stereocenters. The lowest BCUT2D eigenvalue weighted by Crippen LogP contribution is -2.20. The molecule has 2 aromatic carbocycles. The molecule has 1 aliphatic rings. The van der Waals surface area contributed by atoms with Gasteiger partial charge in [-0.15, -0.1) is 0 Å². The van der Waals surface area contributed by atoms with Gasteiger partial charge in [0, 0.05) is 11.6 Å². The summed E-state index contributed by atoms with van der Waals surface area (Å²) in [4.78, 5) is 17.4. The molecule has 0 N–H and O–H groups in total. The van der Waals surface area contributed by atoms with Crippen molar-refractivity contribution in [2.24, 2.45) is 0 Å². The summed E-state index contributed by atoms with van der Waals surface area (Å²) in [5.74, 6) is 2.05. The molecule has 4 rings (SSSR count). The van der Waals surface area contributed by atoms with Crippen LogP contribution in [0.1, 0.15) is 17.8 Å². The van der Waals surface area contributed by atoms with Gasteiger partial charge in [0.2, 0.25) is 0 Å². The molecule has 132 valence electrons. The molecule has 3 aromatic rings. The SMILES string of the molecule is COc1ccc(/C=C2\CCn3c2nc2ccc(Cl)cc2c3=O)cc1OC. The molecule has 0 saturated carbocycles. The maximum absolute atomic E-state index is 12.8. The zero-order valence-corrected chi connectivity index (χ0v) is 15.2. The monoisotopic (exact) mass is 368 g/mol. The Morgan fingerprint density at radius 3 is 2.69 bits per heavy atom. The van der Waals surface area contributed by atoms with E-state index in [-0.39, 0.29) is 5.56 Å². The number of nitrogens with zero attached hydrogens (tertiary/aromatic N) is 2. The lowest BCUT2D eigenvalue weighted by atomic mass is 10.1. The quantitative estimate of drug-likeness (QED) is 0.701. The van der Waals surface area contributed by atoms with Crippen LogP contribution in [-0.4, -0.2) is 23.8 Å². The summed E-state index contributed by atoms with van der Waals surface area (Å²) in [5, 5.41) is 1.09. The van der Waals surface area contributed by atoms with Crippen molar-refractivity contribution >= 4 is 34.2 Å². The third-order valence-electron chi connectivity index (χ3n) is 4.56. The van der Waals surface area contributed by atoms with Crippen molar-refractivity contribution in [1.82, 2.24) is 9.55 Å². The molecule has 0 amide bonds. The van der Waals surface area contributed by atoms with Gasteiger partial charge in [-0.1, -0.05) is 17.7 Å². The number of fused-ring (bicyclic) bond motifs is 2. The molecule has 0 spiro atoms. The van der Waals surface area contributed by atoms with E-state index in [1.165, 1.54) is 0 Å². The van der Waals surface area contributed by atoms with Crippen LogP contribution in [0.4, 0.5) is 0 Å². The molecule has 0 saturated heterocycles. The molecule has 1 aromatic heterocycles. The van der Waals surface area contributed by atoms with Crippen LogP contribution in [0.25, 0.3) is 22.6 Å². The summed E-state index contributed by atoms with van der Waals surface area (Å²) in [7, 11) is 3.22. The Labute approximate surface area is 155 Å². The number of hydrogen-bond acceptors (Lipinski definition) is 4. The number of allylic oxidation sites excluding steroid dienone is 1. The van der Waals surface area contributed by atoms with E-state index in [4.69, 9.17) is 26.1 Å². The molecule has 26 heavy (non-hydrogen) atoms. The third kappa shape index (κ3) is 2.74. The molecule has 1 aliphatic heterocycles. The number of ether oxygens (including phenoxy) is 2. The van der Waals surface area contributed by atoms with E-state index in [2.05, 4.69) is 0 Å². The highest BCUT2D eigenvalue weighted by Gasteiger charge is 2.21. The Bertz CT molecular complexity index is 1100. The predicted octanol–water partition coefficient (Wildman–Crippen LogP) is 4.01. The van der Waals surface area contributed by atoms with E-state index < -0.39 is 0 Å². The van der Waals surface area contributed by atoms with Gasteiger partial charge in [-0.25, -0.2) is 4.98 Å². The summed E-state index contributed by atoms with van der Waals surface area (Å²) in [6.45, 7) is 0.614. The van der Waals surface area contributed by atoms with Crippen LogP contribution in [0.2, 0.25) is 5.02 Å². The van der Waals surface area contributed by atoms with E-state index in [1.54, 1.807) is 37.0 Å². The van der Waals surface area contributed by atoms with Gasteiger partial charge < -0.3 is 9.47 Å². The van der Waals surface area contributed by atoms with Crippen LogP contribution in [0.3, 0.4) is 0 Å². The Kier molecular flexibility index (Phi) is 4.17. The second-order valence-corrected chi connectivity index (χ2v) is 6.52. The normalized spacial score (nSPS) is 14.7. The highest BCUT2D eigenvalue weighted by Crippen LogP contribution is 2.32. The highest BCUT2D eigenvalue weighted by molar-refractivity contribution is 6.31. The van der Waals surface area contributed by atoms with Crippen molar-refractivity contribution in [1.29, 1.82) is 0 Å². The van der Waals surface area contributed by atoms with E-state index in [0.29, 0.717) is 39.8 Å². The number of halogens is 1. The van der Waals surface area contributed by atoms with Crippen LogP contribution in [0.15, 0.2) is 41.2 Å². The Balaban J connectivity index is 1.83. The minimum atomic E-state index is -0.0526. The van der Waals surface area contributed by atoms with Gasteiger partial charge in [-0.2, -0.15) is 0 Å². The highest BCUT2D eigenvalue weighted by atomic mass is 35.5. The van der Waals surface area contributed by atoms with Gasteiger partial charge in [0.05, 0.1) is 25.1 Å². The second-order valence-electron chi connectivity index (χ2n) is 6.09. The van der Waals surface area contributed by atoms with Gasteiger partial charge in [0.15, 0.2) is 11.5 Å². The first-order valence-electron chi connectivity index (χ1n) is 8.24. The second kappa shape index (κ2) is 6.50. The van der Waals surface area contributed by atoms with E-state index in [1.807, 2.05) is 24.3 Å². The van der Waals surface area contributed by atoms with Crippen molar-refractivity contribution in [3.8, 4) is 11.5 Å². The van der Waals surface area contributed by atoms with Gasteiger partial charge in [0.25, 0.3) is 5.56 Å². The standard InChI is InChI=1S/C20H17ClN2O3/c1-25-17-6-3-12(10-18(17)26-2)9-13-7-8-23-19(13)22-16-5-4-14(21)11-15(16)20(23)24/h3-6,9-11H,7-8H2,1-2H3/b13-9+. The summed E-state index contributed by atoms with van der Waals surface area (Å²) < 4.78 is 12.4. The molecule has 0 atom stereocenters. The number of hydrogen-bond donors (Lipinski definition) is 0. The Morgan fingerprint density at radius 2 is 1.92 bits per heavy atom. The van der Waals surface area contributed by atoms with Crippen molar-refractivity contribution in [2.75, 3.05) is 14.2 Å². The van der Waals surface area contributed by atoms with Crippen LogP contribution in [0, 0.1) is 0 Å². The topological polar surface area (TPSA) is 53.4 Å². The smallest absolute Gasteiger partial charge is 0.261 e. The summed E-state index contributed by atoms with van der Waals surface area (Å²) >= 11 is 6.02. The Morgan fingerprint density at radius 1 is 1.12 bits per heavy atom. The van der Waals surface area contributed by atoms with Crippen molar-refractivity contribution in [3.63, 3.8) is 0 Å². The number of methoxy groups -OCH3 is 2. The van der Waals surface area contributed by atoms with Crippen molar-refractivity contribution in [2.45, 2.75) is 13.0 Å². The first kappa shape index (κ1) is 16.7. The maximum atomic E-state index is 12.8. The van der Waals surface area contributed by atoms with Gasteiger partial charge in [0.1, 0.15) is 5.82 Å². The zero-order valence-electron chi connectivity index (χ0n) is 14.5. The number of rotatable bonds is 3. The molecular weight excluding hydrogens is 352 g/mol. The van der Waals surface area contributed by atoms with Crippen LogP contribution in [0.5, 0.6) is 11.5 Å². The summed E-state index contributed by atoms with van der Waals surface area (Å²) in [5.41, 5.74) is 2.59. The van der Waals surface area contributed by atoms with E-state index in [0.717, 1.165) is 17.6 Å². The molecular formula is C20H17ClN2O3. The summed E-state index contributed by atoms with van der Waals surface area (Å²) in [6, 6.07) is 10.9. The minimum absolute atomic E-state index is 0.0526. The van der Waals surface area contributed by atoms with Gasteiger partial charge >= 0.3 is 0 Å². The minimum Gasteiger partial charge on any atom is -0.493 e. The lowest BCUT2D eigenvalue weighted by molar-refractivity contribution is 0.355. The van der Waals surface area contributed by atoms with E-state index >= 15 is 0 Å². The molecule has 0 aliphatic carbocycles. The molecule has 0 radical (unpaired) electrons. The molecule has 6 heteroatoms. The van der Waals surface area contributed by atoms with Gasteiger partial charge in [-0.3, -0.25) is 9.36 Å². The Hall–Kier alpha value is -2.79. The van der Waals surface area contributed by atoms with Crippen molar-refractivity contribution < 1.29 is 9.47 Å². The molecule has 2 heterocycles. The first-order chi connectivity index (χ1) is 12.6. The maximum Gasteiger partial charge on any atom is 0.261 e. The third-order valence-corrected chi connectivity index (χ3v) is 4.79.